The second-order valence-corrected chi connectivity index (χ2v) is 1.87. The molecule has 0 saturated heterocycles. The molecule has 0 aromatic rings. The van der Waals surface area contributed by atoms with Crippen LogP contribution in [0.3, 0.4) is 0 Å². The Bertz CT molecular complexity index is 109. The Morgan fingerprint density at radius 1 is 1.78 bits per heavy atom. The van der Waals surface area contributed by atoms with Crippen molar-refractivity contribution in [1.82, 2.24) is 0 Å². The molecule has 0 aliphatic rings. The fourth-order valence-corrected chi connectivity index (χ4v) is 0.506. The summed E-state index contributed by atoms with van der Waals surface area (Å²) < 4.78 is 0. The standard InChI is InChI=1S/C6H10O3/c1-5(9)6(4-8)2-3-7/h4,6-7H,2-3H2,1H3. The quantitative estimate of drug-likeness (QED) is 0.422. The van der Waals surface area contributed by atoms with E-state index in [1.165, 1.54) is 6.92 Å². The normalized spacial score (nSPS) is 12.7. The molecule has 0 radical (unpaired) electrons. The van der Waals surface area contributed by atoms with E-state index in [0.717, 1.165) is 0 Å². The molecule has 0 aliphatic carbocycles. The van der Waals surface area contributed by atoms with Gasteiger partial charge in [-0.1, -0.05) is 0 Å². The first-order valence-corrected chi connectivity index (χ1v) is 2.79. The van der Waals surface area contributed by atoms with E-state index in [1.54, 1.807) is 0 Å². The predicted octanol–water partition coefficient (Wildman–Crippen LogP) is -0.227. The van der Waals surface area contributed by atoms with Crippen LogP contribution in [0.1, 0.15) is 13.3 Å². The first-order valence-electron chi connectivity index (χ1n) is 2.79. The van der Waals surface area contributed by atoms with Crippen LogP contribution in [0.2, 0.25) is 0 Å². The largest absolute Gasteiger partial charge is 0.396 e. The van der Waals surface area contributed by atoms with Crippen LogP contribution in [0.15, 0.2) is 0 Å². The summed E-state index contributed by atoms with van der Waals surface area (Å²) in [6, 6.07) is 0. The number of hydrogen-bond donors (Lipinski definition) is 1. The first kappa shape index (κ1) is 8.30. The molecule has 3 heteroatoms. The highest BCUT2D eigenvalue weighted by Gasteiger charge is 2.10. The molecule has 1 unspecified atom stereocenters. The van der Waals surface area contributed by atoms with Gasteiger partial charge in [0.2, 0.25) is 0 Å². The number of carbonyl (C=O) groups excluding carboxylic acids is 2. The van der Waals surface area contributed by atoms with E-state index in [-0.39, 0.29) is 18.8 Å². The van der Waals surface area contributed by atoms with Gasteiger partial charge in [0.25, 0.3) is 0 Å². The predicted molar refractivity (Wildman–Crippen MR) is 31.9 cm³/mol. The maximum Gasteiger partial charge on any atom is 0.140 e. The highest BCUT2D eigenvalue weighted by Crippen LogP contribution is 1.98. The van der Waals surface area contributed by atoms with E-state index < -0.39 is 5.92 Å². The highest BCUT2D eigenvalue weighted by atomic mass is 16.3. The molecule has 9 heavy (non-hydrogen) atoms. The Morgan fingerprint density at radius 2 is 2.33 bits per heavy atom. The van der Waals surface area contributed by atoms with Gasteiger partial charge in [-0.15, -0.1) is 0 Å². The molecule has 0 bridgehead atoms. The fraction of sp³-hybridized carbons (Fsp3) is 0.667. The molecule has 3 nitrogen and oxygen atoms in total. The lowest BCUT2D eigenvalue weighted by Crippen LogP contribution is -2.13. The molecular weight excluding hydrogens is 120 g/mol. The minimum absolute atomic E-state index is 0.108. The van der Waals surface area contributed by atoms with Crippen LogP contribution in [0, 0.1) is 5.92 Å². The van der Waals surface area contributed by atoms with Gasteiger partial charge in [-0.25, -0.2) is 0 Å². The van der Waals surface area contributed by atoms with Crippen molar-refractivity contribution in [2.45, 2.75) is 13.3 Å². The van der Waals surface area contributed by atoms with E-state index in [1.807, 2.05) is 0 Å². The van der Waals surface area contributed by atoms with Crippen molar-refractivity contribution in [3.05, 3.63) is 0 Å². The lowest BCUT2D eigenvalue weighted by molar-refractivity contribution is -0.126. The van der Waals surface area contributed by atoms with Gasteiger partial charge in [0.15, 0.2) is 0 Å². The molecule has 0 saturated carbocycles. The number of ketones is 1. The van der Waals surface area contributed by atoms with Gasteiger partial charge in [0.1, 0.15) is 12.1 Å². The van der Waals surface area contributed by atoms with Crippen LogP contribution in [-0.2, 0) is 9.59 Å². The summed E-state index contributed by atoms with van der Waals surface area (Å²) in [6.45, 7) is 1.23. The topological polar surface area (TPSA) is 54.4 Å². The lowest BCUT2D eigenvalue weighted by atomic mass is 10.0. The Labute approximate surface area is 53.7 Å². The average Bonchev–Trinajstić information content (AvgIpc) is 1.82. The van der Waals surface area contributed by atoms with Gasteiger partial charge in [0.05, 0.1) is 5.92 Å². The molecule has 52 valence electrons. The van der Waals surface area contributed by atoms with Gasteiger partial charge in [-0.2, -0.15) is 0 Å². The summed E-state index contributed by atoms with van der Waals surface area (Å²) in [5.74, 6) is -0.783. The summed E-state index contributed by atoms with van der Waals surface area (Å²) >= 11 is 0. The number of carbonyl (C=O) groups is 2. The summed E-state index contributed by atoms with van der Waals surface area (Å²) in [6.07, 6.45) is 0.817. The zero-order valence-electron chi connectivity index (χ0n) is 5.33. The molecule has 0 rings (SSSR count). The second kappa shape index (κ2) is 4.21. The van der Waals surface area contributed by atoms with Gasteiger partial charge in [-0.3, -0.25) is 4.79 Å². The summed E-state index contributed by atoms with van der Waals surface area (Å²) in [5, 5.41) is 8.31. The summed E-state index contributed by atoms with van der Waals surface area (Å²) in [7, 11) is 0. The minimum Gasteiger partial charge on any atom is -0.396 e. The second-order valence-electron chi connectivity index (χ2n) is 1.87. The number of rotatable bonds is 4. The Hall–Kier alpha value is -0.700. The van der Waals surface area contributed by atoms with E-state index in [9.17, 15) is 9.59 Å². The Balaban J connectivity index is 3.68. The van der Waals surface area contributed by atoms with Crippen molar-refractivity contribution in [2.24, 2.45) is 5.92 Å². The van der Waals surface area contributed by atoms with E-state index in [0.29, 0.717) is 6.29 Å². The molecule has 0 aliphatic heterocycles. The SMILES string of the molecule is CC(=O)C(C=O)CCO. The van der Waals surface area contributed by atoms with Crippen LogP contribution >= 0.6 is 0 Å². The van der Waals surface area contributed by atoms with Gasteiger partial charge >= 0.3 is 0 Å². The highest BCUT2D eigenvalue weighted by molar-refractivity contribution is 5.91. The molecule has 1 N–H and O–H groups in total. The third-order valence-electron chi connectivity index (χ3n) is 1.13. The van der Waals surface area contributed by atoms with Crippen LogP contribution in [0.25, 0.3) is 0 Å². The van der Waals surface area contributed by atoms with Crippen LogP contribution < -0.4 is 0 Å². The number of aliphatic hydroxyl groups is 1. The maximum atomic E-state index is 10.4. The summed E-state index contributed by atoms with van der Waals surface area (Å²) in [4.78, 5) is 20.4. The number of hydrogen-bond acceptors (Lipinski definition) is 3. The van der Waals surface area contributed by atoms with Crippen molar-refractivity contribution < 1.29 is 14.7 Å². The van der Waals surface area contributed by atoms with E-state index >= 15 is 0 Å². The number of Topliss-reactive ketones (excluding diaryl/α,β-unsaturated/α-hetero) is 1. The molecule has 1 atom stereocenters. The molecular formula is C6H10O3. The summed E-state index contributed by atoms with van der Waals surface area (Å²) in [5.41, 5.74) is 0. The zero-order chi connectivity index (χ0) is 7.28. The fourth-order valence-electron chi connectivity index (χ4n) is 0.506. The van der Waals surface area contributed by atoms with Gasteiger partial charge in [-0.05, 0) is 13.3 Å². The van der Waals surface area contributed by atoms with Crippen LogP contribution in [0.5, 0.6) is 0 Å². The minimum atomic E-state index is -0.602. The number of aldehydes is 1. The zero-order valence-corrected chi connectivity index (χ0v) is 5.33. The molecule has 0 aromatic carbocycles. The monoisotopic (exact) mass is 130 g/mol. The molecule has 0 amide bonds. The third kappa shape index (κ3) is 2.98. The van der Waals surface area contributed by atoms with Gasteiger partial charge < -0.3 is 9.90 Å². The van der Waals surface area contributed by atoms with Crippen LogP contribution in [-0.4, -0.2) is 23.8 Å². The smallest absolute Gasteiger partial charge is 0.140 e. The van der Waals surface area contributed by atoms with Crippen LogP contribution in [0.4, 0.5) is 0 Å². The van der Waals surface area contributed by atoms with E-state index in [4.69, 9.17) is 5.11 Å². The van der Waals surface area contributed by atoms with Crippen molar-refractivity contribution >= 4 is 12.1 Å². The van der Waals surface area contributed by atoms with Crippen molar-refractivity contribution in [3.8, 4) is 0 Å². The molecule has 0 heterocycles. The van der Waals surface area contributed by atoms with Gasteiger partial charge in [0, 0.05) is 6.61 Å². The average molecular weight is 130 g/mol. The van der Waals surface area contributed by atoms with Crippen molar-refractivity contribution in [1.29, 1.82) is 0 Å². The Kier molecular flexibility index (Phi) is 3.88. The first-order chi connectivity index (χ1) is 4.22. The molecule has 0 fully saturated rings. The Morgan fingerprint density at radius 3 is 2.44 bits per heavy atom. The maximum absolute atomic E-state index is 10.4. The van der Waals surface area contributed by atoms with Crippen molar-refractivity contribution in [3.63, 3.8) is 0 Å². The van der Waals surface area contributed by atoms with E-state index in [2.05, 4.69) is 0 Å². The lowest BCUT2D eigenvalue weighted by Gasteiger charge is -2.00. The third-order valence-corrected chi connectivity index (χ3v) is 1.13. The number of aliphatic hydroxyl groups excluding tert-OH is 1. The molecule has 0 spiro atoms. The van der Waals surface area contributed by atoms with Crippen molar-refractivity contribution in [2.75, 3.05) is 6.61 Å². The molecule has 0 aromatic heterocycles.